The van der Waals surface area contributed by atoms with Gasteiger partial charge in [-0.1, -0.05) is 44.2 Å². The van der Waals surface area contributed by atoms with Crippen LogP contribution in [0.3, 0.4) is 0 Å². The van der Waals surface area contributed by atoms with Gasteiger partial charge in [-0.3, -0.25) is 4.79 Å². The molecular weight excluding hydrogens is 403 g/mol. The van der Waals surface area contributed by atoms with Gasteiger partial charge in [0.2, 0.25) is 5.91 Å². The highest BCUT2D eigenvalue weighted by Crippen LogP contribution is 2.00. The fourth-order valence-electron chi connectivity index (χ4n) is 1.81. The van der Waals surface area contributed by atoms with E-state index in [0.29, 0.717) is 13.1 Å². The fraction of sp³-hybridized carbons (Fsp3) is 0.529. The third kappa shape index (κ3) is 9.43. The number of nitrogens with one attached hydrogen (secondary N) is 2. The summed E-state index contributed by atoms with van der Waals surface area (Å²) >= 11 is 0. The number of carbonyl (C=O) groups excluding carboxylic acids is 1. The molecule has 6 heteroatoms. The molecule has 0 aliphatic rings. The lowest BCUT2D eigenvalue weighted by atomic mass is 10.2. The van der Waals surface area contributed by atoms with Crippen molar-refractivity contribution >= 4 is 35.8 Å². The van der Waals surface area contributed by atoms with Gasteiger partial charge in [0.15, 0.2) is 5.96 Å². The molecule has 5 nitrogen and oxygen atoms in total. The number of hydrogen-bond acceptors (Lipinski definition) is 2. The summed E-state index contributed by atoms with van der Waals surface area (Å²) in [5, 5.41) is 6.23. The quantitative estimate of drug-likeness (QED) is 0.301. The highest BCUT2D eigenvalue weighted by molar-refractivity contribution is 14.0. The van der Waals surface area contributed by atoms with Crippen molar-refractivity contribution in [2.75, 3.05) is 27.2 Å². The van der Waals surface area contributed by atoms with Gasteiger partial charge in [0, 0.05) is 33.1 Å². The Labute approximate surface area is 157 Å². The Morgan fingerprint density at radius 1 is 1.13 bits per heavy atom. The molecule has 0 heterocycles. The monoisotopic (exact) mass is 432 g/mol. The molecule has 1 aromatic rings. The Balaban J connectivity index is 0.00000484. The van der Waals surface area contributed by atoms with Gasteiger partial charge in [-0.15, -0.1) is 24.0 Å². The zero-order valence-corrected chi connectivity index (χ0v) is 16.8. The minimum Gasteiger partial charge on any atom is -0.356 e. The fourth-order valence-corrected chi connectivity index (χ4v) is 1.81. The first-order chi connectivity index (χ1) is 10.5. The molecule has 2 N–H and O–H groups in total. The highest BCUT2D eigenvalue weighted by Gasteiger charge is 2.05. The Bertz CT molecular complexity index is 475. The molecule has 0 saturated carbocycles. The number of nitrogens with zero attached hydrogens (tertiary/aromatic N) is 2. The molecule has 0 aliphatic carbocycles. The standard InChI is InChI=1S/C17H28N4O.HI/c1-14(2)16(22)18-11-8-12-19-17(21(3)4)20-13-15-9-6-5-7-10-15;/h5-7,9-10,14H,8,11-13H2,1-4H3,(H,18,22)(H,19,20);1H. The molecule has 0 fully saturated rings. The second-order valence-electron chi connectivity index (χ2n) is 5.75. The Morgan fingerprint density at radius 2 is 1.74 bits per heavy atom. The molecule has 0 atom stereocenters. The lowest BCUT2D eigenvalue weighted by Crippen LogP contribution is -2.38. The Morgan fingerprint density at radius 3 is 2.30 bits per heavy atom. The van der Waals surface area contributed by atoms with Crippen LogP contribution in [-0.4, -0.2) is 44.0 Å². The number of rotatable bonds is 7. The first kappa shape index (κ1) is 21.7. The number of carbonyl (C=O) groups is 1. The van der Waals surface area contributed by atoms with Gasteiger partial charge >= 0.3 is 0 Å². The first-order valence-corrected chi connectivity index (χ1v) is 7.78. The van der Waals surface area contributed by atoms with Gasteiger partial charge in [-0.05, 0) is 12.0 Å². The number of benzene rings is 1. The van der Waals surface area contributed by atoms with Crippen molar-refractivity contribution in [2.24, 2.45) is 10.9 Å². The van der Waals surface area contributed by atoms with E-state index in [-0.39, 0.29) is 35.8 Å². The number of hydrogen-bond donors (Lipinski definition) is 2. The van der Waals surface area contributed by atoms with Crippen LogP contribution in [0.4, 0.5) is 0 Å². The van der Waals surface area contributed by atoms with Crippen LogP contribution in [0.2, 0.25) is 0 Å². The predicted molar refractivity (Wildman–Crippen MR) is 107 cm³/mol. The molecule has 0 aliphatic heterocycles. The summed E-state index contributed by atoms with van der Waals surface area (Å²) in [5.74, 6) is 1.00. The molecule has 0 saturated heterocycles. The average molecular weight is 432 g/mol. The molecular formula is C17H29IN4O. The van der Waals surface area contributed by atoms with Crippen LogP contribution in [-0.2, 0) is 11.3 Å². The maximum Gasteiger partial charge on any atom is 0.222 e. The van der Waals surface area contributed by atoms with Gasteiger partial charge in [-0.25, -0.2) is 4.99 Å². The average Bonchev–Trinajstić information content (AvgIpc) is 2.50. The van der Waals surface area contributed by atoms with E-state index in [1.165, 1.54) is 5.56 Å². The van der Waals surface area contributed by atoms with Crippen LogP contribution >= 0.6 is 24.0 Å². The van der Waals surface area contributed by atoms with Crippen molar-refractivity contribution in [3.63, 3.8) is 0 Å². The van der Waals surface area contributed by atoms with Crippen LogP contribution in [0.15, 0.2) is 35.3 Å². The maximum absolute atomic E-state index is 11.4. The van der Waals surface area contributed by atoms with Crippen molar-refractivity contribution in [3.8, 4) is 0 Å². The van der Waals surface area contributed by atoms with Gasteiger partial charge < -0.3 is 15.5 Å². The highest BCUT2D eigenvalue weighted by atomic mass is 127. The Hall–Kier alpha value is -1.31. The summed E-state index contributed by atoms with van der Waals surface area (Å²) in [5.41, 5.74) is 1.19. The zero-order valence-electron chi connectivity index (χ0n) is 14.5. The van der Waals surface area contributed by atoms with Crippen LogP contribution in [0.1, 0.15) is 25.8 Å². The molecule has 0 radical (unpaired) electrons. The number of amides is 1. The van der Waals surface area contributed by atoms with Crippen molar-refractivity contribution in [1.29, 1.82) is 0 Å². The van der Waals surface area contributed by atoms with Gasteiger partial charge in [0.1, 0.15) is 0 Å². The van der Waals surface area contributed by atoms with E-state index < -0.39 is 0 Å². The van der Waals surface area contributed by atoms with Crippen LogP contribution in [0.25, 0.3) is 0 Å². The van der Waals surface area contributed by atoms with Crippen LogP contribution in [0.5, 0.6) is 0 Å². The van der Waals surface area contributed by atoms with Crippen LogP contribution < -0.4 is 10.6 Å². The second kappa shape index (κ2) is 12.2. The first-order valence-electron chi connectivity index (χ1n) is 7.78. The minimum absolute atomic E-state index is 0. The molecule has 0 bridgehead atoms. The largest absolute Gasteiger partial charge is 0.356 e. The van der Waals surface area contributed by atoms with Crippen molar-refractivity contribution in [2.45, 2.75) is 26.8 Å². The minimum atomic E-state index is 0. The van der Waals surface area contributed by atoms with E-state index in [2.05, 4.69) is 27.8 Å². The number of aliphatic imine (C=N–C) groups is 1. The molecule has 1 aromatic carbocycles. The Kier molecular flexibility index (Phi) is 11.5. The third-order valence-corrected chi connectivity index (χ3v) is 3.14. The molecule has 130 valence electrons. The summed E-state index contributed by atoms with van der Waals surface area (Å²) in [6, 6.07) is 10.2. The summed E-state index contributed by atoms with van der Waals surface area (Å²) in [6.45, 7) is 5.92. The van der Waals surface area contributed by atoms with Gasteiger partial charge in [0.25, 0.3) is 0 Å². The van der Waals surface area contributed by atoms with E-state index in [9.17, 15) is 4.79 Å². The van der Waals surface area contributed by atoms with E-state index in [4.69, 9.17) is 0 Å². The summed E-state index contributed by atoms with van der Waals surface area (Å²) < 4.78 is 0. The molecule has 0 spiro atoms. The van der Waals surface area contributed by atoms with Crippen LogP contribution in [0, 0.1) is 5.92 Å². The summed E-state index contributed by atoms with van der Waals surface area (Å²) in [6.07, 6.45) is 0.872. The topological polar surface area (TPSA) is 56.7 Å². The van der Waals surface area contributed by atoms with E-state index in [0.717, 1.165) is 18.9 Å². The lowest BCUT2D eigenvalue weighted by molar-refractivity contribution is -0.123. The molecule has 1 amide bonds. The second-order valence-corrected chi connectivity index (χ2v) is 5.75. The zero-order chi connectivity index (χ0) is 16.4. The summed E-state index contributed by atoms with van der Waals surface area (Å²) in [4.78, 5) is 18.0. The maximum atomic E-state index is 11.4. The van der Waals surface area contributed by atoms with Crippen molar-refractivity contribution < 1.29 is 4.79 Å². The molecule has 0 aromatic heterocycles. The van der Waals surface area contributed by atoms with Gasteiger partial charge in [-0.2, -0.15) is 0 Å². The summed E-state index contributed by atoms with van der Waals surface area (Å²) in [7, 11) is 3.94. The molecule has 23 heavy (non-hydrogen) atoms. The molecule has 1 rings (SSSR count). The number of guanidine groups is 1. The van der Waals surface area contributed by atoms with Crippen molar-refractivity contribution in [3.05, 3.63) is 35.9 Å². The van der Waals surface area contributed by atoms with E-state index in [1.54, 1.807) is 0 Å². The third-order valence-electron chi connectivity index (χ3n) is 3.14. The van der Waals surface area contributed by atoms with Crippen molar-refractivity contribution in [1.82, 2.24) is 15.5 Å². The normalized spacial score (nSPS) is 10.9. The SMILES string of the molecule is CC(C)C(=O)NCCCNC(=NCc1ccccc1)N(C)C.I. The van der Waals surface area contributed by atoms with Gasteiger partial charge in [0.05, 0.1) is 6.54 Å². The smallest absolute Gasteiger partial charge is 0.222 e. The van der Waals surface area contributed by atoms with E-state index in [1.807, 2.05) is 51.0 Å². The lowest BCUT2D eigenvalue weighted by Gasteiger charge is -2.18. The van der Waals surface area contributed by atoms with E-state index >= 15 is 0 Å². The predicted octanol–water partition coefficient (Wildman–Crippen LogP) is 2.47. The number of halogens is 1. The molecule has 0 unspecified atom stereocenters.